The highest BCUT2D eigenvalue weighted by atomic mass is 31.2. The summed E-state index contributed by atoms with van der Waals surface area (Å²) >= 11 is 0. The van der Waals surface area contributed by atoms with Crippen molar-refractivity contribution in [3.05, 3.63) is 59.7 Å². The molecule has 2 N–H and O–H groups in total. The van der Waals surface area contributed by atoms with Gasteiger partial charge in [0, 0.05) is 11.3 Å². The minimum atomic E-state index is -3.53. The Morgan fingerprint density at radius 1 is 1.04 bits per heavy atom. The van der Waals surface area contributed by atoms with Gasteiger partial charge >= 0.3 is 7.60 Å². The van der Waals surface area contributed by atoms with E-state index in [-0.39, 0.29) is 19.0 Å². The largest absolute Gasteiger partial charge is 0.508 e. The molecule has 0 fully saturated rings. The number of para-hydroxylation sites is 1. The molecule has 0 aromatic heterocycles. The third-order valence-electron chi connectivity index (χ3n) is 3.52. The maximum atomic E-state index is 13.3. The molecule has 0 aliphatic carbocycles. The summed E-state index contributed by atoms with van der Waals surface area (Å²) < 4.78 is 24.3. The summed E-state index contributed by atoms with van der Waals surface area (Å²) in [6, 6.07) is 14.5. The molecule has 0 spiro atoms. The van der Waals surface area contributed by atoms with Crippen LogP contribution in [-0.4, -0.2) is 18.3 Å². The zero-order valence-electron chi connectivity index (χ0n) is 14.2. The summed E-state index contributed by atoms with van der Waals surface area (Å²) in [7, 11) is -3.53. The minimum absolute atomic E-state index is 0.0433. The monoisotopic (exact) mass is 349 g/mol. The predicted octanol–water partition coefficient (Wildman–Crippen LogP) is 5.08. The Balaban J connectivity index is 2.46. The molecule has 0 bridgehead atoms. The number of phenols is 1. The number of aryl methyl sites for hydroxylation is 1. The van der Waals surface area contributed by atoms with E-state index in [4.69, 9.17) is 9.05 Å². The van der Waals surface area contributed by atoms with E-state index in [1.165, 1.54) is 0 Å². The highest BCUT2D eigenvalue weighted by Gasteiger charge is 2.38. The van der Waals surface area contributed by atoms with Gasteiger partial charge in [0.05, 0.1) is 13.2 Å². The molecule has 0 radical (unpaired) electrons. The van der Waals surface area contributed by atoms with Crippen LogP contribution in [0.4, 0.5) is 5.69 Å². The Kier molecular flexibility index (Phi) is 6.44. The number of rotatable bonds is 8. The second-order valence-corrected chi connectivity index (χ2v) is 7.46. The van der Waals surface area contributed by atoms with E-state index in [2.05, 4.69) is 5.32 Å². The van der Waals surface area contributed by atoms with Gasteiger partial charge in [0.25, 0.3) is 0 Å². The van der Waals surface area contributed by atoms with Crippen molar-refractivity contribution in [3.8, 4) is 5.75 Å². The van der Waals surface area contributed by atoms with Gasteiger partial charge in [-0.3, -0.25) is 4.57 Å². The first-order chi connectivity index (χ1) is 11.5. The van der Waals surface area contributed by atoms with Crippen molar-refractivity contribution in [1.82, 2.24) is 0 Å². The molecule has 0 heterocycles. The van der Waals surface area contributed by atoms with Gasteiger partial charge in [-0.1, -0.05) is 35.9 Å². The number of nitrogens with one attached hydrogen (secondary N) is 1. The maximum absolute atomic E-state index is 13.3. The van der Waals surface area contributed by atoms with Gasteiger partial charge in [0.1, 0.15) is 5.75 Å². The number of aromatic hydroxyl groups is 1. The van der Waals surface area contributed by atoms with E-state index in [0.717, 1.165) is 11.3 Å². The van der Waals surface area contributed by atoms with Gasteiger partial charge in [0.15, 0.2) is 5.78 Å². The molecule has 2 aromatic rings. The molecule has 0 saturated carbocycles. The average Bonchev–Trinajstić information content (AvgIpc) is 2.55. The van der Waals surface area contributed by atoms with Crippen molar-refractivity contribution in [2.24, 2.45) is 0 Å². The van der Waals surface area contributed by atoms with Crippen LogP contribution in [0, 0.1) is 6.92 Å². The number of hydrogen-bond acceptors (Lipinski definition) is 5. The molecule has 0 aliphatic rings. The van der Waals surface area contributed by atoms with Gasteiger partial charge in [-0.05, 0) is 39.0 Å². The summed E-state index contributed by atoms with van der Waals surface area (Å²) in [6.45, 7) is 6.02. The third-order valence-corrected chi connectivity index (χ3v) is 5.80. The Bertz CT molecular complexity index is 692. The first kappa shape index (κ1) is 18.5. The number of hydrogen-bond donors (Lipinski definition) is 2. The van der Waals surface area contributed by atoms with Crippen LogP contribution in [0.25, 0.3) is 0 Å². The zero-order valence-corrected chi connectivity index (χ0v) is 15.1. The molecule has 1 atom stereocenters. The fraction of sp³-hybridized carbons (Fsp3) is 0.333. The summed E-state index contributed by atoms with van der Waals surface area (Å²) in [4.78, 5) is 0. The molecule has 0 amide bonds. The number of phenolic OH excluding ortho intramolecular Hbond substituents is 1. The lowest BCUT2D eigenvalue weighted by molar-refractivity contribution is 0.213. The average molecular weight is 349 g/mol. The summed E-state index contributed by atoms with van der Waals surface area (Å²) in [5, 5.41) is 13.4. The standard InChI is InChI=1S/C18H24NO4P/c1-4-22-24(21,23-5-2)18(16-8-6-7-9-17(16)20)19-15-12-10-14(3)11-13-15/h6-13,18-20H,4-5H2,1-3H3. The molecule has 130 valence electrons. The Morgan fingerprint density at radius 3 is 2.17 bits per heavy atom. The lowest BCUT2D eigenvalue weighted by Crippen LogP contribution is -2.15. The van der Waals surface area contributed by atoms with Crippen molar-refractivity contribution in [2.45, 2.75) is 26.6 Å². The molecule has 2 aromatic carbocycles. The predicted molar refractivity (Wildman–Crippen MR) is 96.5 cm³/mol. The van der Waals surface area contributed by atoms with Gasteiger partial charge in [0.2, 0.25) is 0 Å². The highest BCUT2D eigenvalue weighted by molar-refractivity contribution is 7.54. The SMILES string of the molecule is CCOP(=O)(OCC)C(Nc1ccc(C)cc1)c1ccccc1O. The van der Waals surface area contributed by atoms with Crippen LogP contribution in [0.1, 0.15) is 30.8 Å². The van der Waals surface area contributed by atoms with Crippen molar-refractivity contribution >= 4 is 13.3 Å². The fourth-order valence-corrected chi connectivity index (χ4v) is 4.36. The molecular formula is C18H24NO4P. The second-order valence-electron chi connectivity index (χ2n) is 5.35. The van der Waals surface area contributed by atoms with Crippen molar-refractivity contribution in [1.29, 1.82) is 0 Å². The molecule has 1 unspecified atom stereocenters. The molecular weight excluding hydrogens is 325 g/mol. The zero-order chi connectivity index (χ0) is 17.6. The molecule has 0 saturated heterocycles. The van der Waals surface area contributed by atoms with Gasteiger partial charge < -0.3 is 19.5 Å². The van der Waals surface area contributed by atoms with E-state index in [1.807, 2.05) is 31.2 Å². The lowest BCUT2D eigenvalue weighted by atomic mass is 10.2. The van der Waals surface area contributed by atoms with Crippen LogP contribution in [0.3, 0.4) is 0 Å². The van der Waals surface area contributed by atoms with Gasteiger partial charge in [-0.25, -0.2) is 0 Å². The van der Waals surface area contributed by atoms with Crippen LogP contribution < -0.4 is 5.32 Å². The second kappa shape index (κ2) is 8.34. The minimum Gasteiger partial charge on any atom is -0.508 e. The lowest BCUT2D eigenvalue weighted by Gasteiger charge is -2.28. The molecule has 6 heteroatoms. The summed E-state index contributed by atoms with van der Waals surface area (Å²) in [5.74, 6) is -0.761. The maximum Gasteiger partial charge on any atom is 0.357 e. The first-order valence-corrected chi connectivity index (χ1v) is 9.61. The number of anilines is 1. The molecule has 5 nitrogen and oxygen atoms in total. The normalized spacial score (nSPS) is 12.8. The van der Waals surface area contributed by atoms with Crippen LogP contribution >= 0.6 is 7.60 Å². The van der Waals surface area contributed by atoms with E-state index >= 15 is 0 Å². The van der Waals surface area contributed by atoms with E-state index in [1.54, 1.807) is 38.1 Å². The molecule has 0 aliphatic heterocycles. The van der Waals surface area contributed by atoms with Gasteiger partial charge in [-0.2, -0.15) is 0 Å². The van der Waals surface area contributed by atoms with Crippen molar-refractivity contribution in [2.75, 3.05) is 18.5 Å². The quantitative estimate of drug-likeness (QED) is 0.651. The Hall–Kier alpha value is -1.81. The van der Waals surface area contributed by atoms with Crippen LogP contribution in [0.2, 0.25) is 0 Å². The van der Waals surface area contributed by atoms with Crippen LogP contribution in [0.15, 0.2) is 48.5 Å². The van der Waals surface area contributed by atoms with Crippen LogP contribution in [-0.2, 0) is 13.6 Å². The van der Waals surface area contributed by atoms with Crippen LogP contribution in [0.5, 0.6) is 5.75 Å². The van der Waals surface area contributed by atoms with E-state index in [9.17, 15) is 9.67 Å². The van der Waals surface area contributed by atoms with Crippen molar-refractivity contribution < 1.29 is 18.7 Å². The van der Waals surface area contributed by atoms with Gasteiger partial charge in [-0.15, -0.1) is 0 Å². The van der Waals surface area contributed by atoms with E-state index in [0.29, 0.717) is 5.56 Å². The van der Waals surface area contributed by atoms with Crippen molar-refractivity contribution in [3.63, 3.8) is 0 Å². The molecule has 24 heavy (non-hydrogen) atoms. The smallest absolute Gasteiger partial charge is 0.357 e. The Morgan fingerprint density at radius 2 is 1.62 bits per heavy atom. The summed E-state index contributed by atoms with van der Waals surface area (Å²) in [6.07, 6.45) is 0. The highest BCUT2D eigenvalue weighted by Crippen LogP contribution is 2.61. The number of benzene rings is 2. The first-order valence-electron chi connectivity index (χ1n) is 8.00. The summed E-state index contributed by atoms with van der Waals surface area (Å²) in [5.41, 5.74) is 2.37. The third kappa shape index (κ3) is 4.38. The fourth-order valence-electron chi connectivity index (χ4n) is 2.40. The Labute approximate surface area is 143 Å². The van der Waals surface area contributed by atoms with E-state index < -0.39 is 13.4 Å². The molecule has 2 rings (SSSR count). The topological polar surface area (TPSA) is 67.8 Å².